The number of nitrogens with one attached hydrogen (secondary N) is 1. The van der Waals surface area contributed by atoms with Crippen molar-refractivity contribution in [3.05, 3.63) is 15.6 Å². The van der Waals surface area contributed by atoms with Gasteiger partial charge in [-0.3, -0.25) is 14.5 Å². The van der Waals surface area contributed by atoms with Gasteiger partial charge in [-0.1, -0.05) is 6.92 Å². The van der Waals surface area contributed by atoms with Crippen LogP contribution in [0.2, 0.25) is 0 Å². The van der Waals surface area contributed by atoms with E-state index >= 15 is 0 Å². The van der Waals surface area contributed by atoms with Gasteiger partial charge in [-0.2, -0.15) is 0 Å². The zero-order valence-electron chi connectivity index (χ0n) is 14.7. The predicted molar refractivity (Wildman–Crippen MR) is 94.4 cm³/mol. The minimum atomic E-state index is -0.454. The topological polar surface area (TPSA) is 65.5 Å². The average Bonchev–Trinajstić information content (AvgIpc) is 2.92. The Bertz CT molecular complexity index is 635. The summed E-state index contributed by atoms with van der Waals surface area (Å²) in [6.07, 6.45) is 3.14. The van der Waals surface area contributed by atoms with E-state index in [4.69, 9.17) is 0 Å². The van der Waals surface area contributed by atoms with Crippen LogP contribution in [0.15, 0.2) is 0 Å². The molecule has 0 aliphatic carbocycles. The highest BCUT2D eigenvalue weighted by molar-refractivity contribution is 7.13. The first-order valence-corrected chi connectivity index (χ1v) is 9.54. The fourth-order valence-electron chi connectivity index (χ4n) is 3.78. The van der Waals surface area contributed by atoms with Crippen LogP contribution in [0.5, 0.6) is 0 Å². The standard InChI is InChI=1S/C17H26N4O2S/c1-4-13-14(24-12(2)19-13)15(22)21-10-6-17(7-11-21)16(23)18-8-5-9-20(17)3/h4-11H2,1-3H3,(H,18,23). The Balaban J connectivity index is 1.74. The minimum absolute atomic E-state index is 0.0731. The molecule has 0 unspecified atom stereocenters. The second-order valence-electron chi connectivity index (χ2n) is 6.72. The van der Waals surface area contributed by atoms with Gasteiger partial charge in [-0.25, -0.2) is 4.98 Å². The Morgan fingerprint density at radius 1 is 1.33 bits per heavy atom. The van der Waals surface area contributed by atoms with Crippen molar-refractivity contribution in [2.24, 2.45) is 0 Å². The number of likely N-dealkylation sites (N-methyl/N-ethyl adjacent to an activating group) is 1. The van der Waals surface area contributed by atoms with Gasteiger partial charge in [-0.05, 0) is 39.7 Å². The van der Waals surface area contributed by atoms with Gasteiger partial charge in [-0.15, -0.1) is 11.3 Å². The van der Waals surface area contributed by atoms with Gasteiger partial charge in [0.05, 0.1) is 10.7 Å². The number of rotatable bonds is 2. The molecule has 132 valence electrons. The summed E-state index contributed by atoms with van der Waals surface area (Å²) in [7, 11) is 2.03. The molecule has 2 fully saturated rings. The van der Waals surface area contributed by atoms with E-state index in [2.05, 4.69) is 15.2 Å². The van der Waals surface area contributed by atoms with Crippen molar-refractivity contribution in [2.45, 2.75) is 45.1 Å². The van der Waals surface area contributed by atoms with Gasteiger partial charge in [0.15, 0.2) is 0 Å². The van der Waals surface area contributed by atoms with Crippen molar-refractivity contribution in [3.63, 3.8) is 0 Å². The van der Waals surface area contributed by atoms with Crippen molar-refractivity contribution in [2.75, 3.05) is 33.2 Å². The summed E-state index contributed by atoms with van der Waals surface area (Å²) in [4.78, 5) is 34.8. The Kier molecular flexibility index (Phi) is 4.92. The van der Waals surface area contributed by atoms with Crippen LogP contribution >= 0.6 is 11.3 Å². The number of piperidine rings is 1. The molecule has 6 nitrogen and oxygen atoms in total. The molecular weight excluding hydrogens is 324 g/mol. The summed E-state index contributed by atoms with van der Waals surface area (Å²) in [5.41, 5.74) is 0.442. The lowest BCUT2D eigenvalue weighted by atomic mass is 9.85. The third kappa shape index (κ3) is 2.95. The number of nitrogens with zero attached hydrogens (tertiary/aromatic N) is 3. The fraction of sp³-hybridized carbons (Fsp3) is 0.706. The molecule has 0 radical (unpaired) electrons. The van der Waals surface area contributed by atoms with E-state index in [0.29, 0.717) is 25.9 Å². The van der Waals surface area contributed by atoms with E-state index in [1.165, 1.54) is 11.3 Å². The highest BCUT2D eigenvalue weighted by atomic mass is 32.1. The maximum atomic E-state index is 12.9. The molecule has 3 heterocycles. The van der Waals surface area contributed by atoms with Crippen molar-refractivity contribution >= 4 is 23.2 Å². The molecular formula is C17H26N4O2S. The van der Waals surface area contributed by atoms with Crippen LogP contribution in [0.4, 0.5) is 0 Å². The number of aryl methyl sites for hydroxylation is 2. The van der Waals surface area contributed by atoms with E-state index in [0.717, 1.165) is 41.5 Å². The molecule has 2 saturated heterocycles. The summed E-state index contributed by atoms with van der Waals surface area (Å²) in [5.74, 6) is 0.196. The second kappa shape index (κ2) is 6.80. The van der Waals surface area contributed by atoms with Crippen LogP contribution in [0.3, 0.4) is 0 Å². The Morgan fingerprint density at radius 2 is 2.04 bits per heavy atom. The van der Waals surface area contributed by atoms with Gasteiger partial charge >= 0.3 is 0 Å². The number of aromatic nitrogens is 1. The highest BCUT2D eigenvalue weighted by Crippen LogP contribution is 2.31. The van der Waals surface area contributed by atoms with Crippen LogP contribution in [-0.4, -0.2) is 65.4 Å². The first-order chi connectivity index (χ1) is 11.5. The van der Waals surface area contributed by atoms with Gasteiger partial charge in [0, 0.05) is 26.2 Å². The van der Waals surface area contributed by atoms with Gasteiger partial charge in [0.25, 0.3) is 5.91 Å². The van der Waals surface area contributed by atoms with E-state index < -0.39 is 5.54 Å². The summed E-state index contributed by atoms with van der Waals surface area (Å²) in [5, 5.41) is 3.98. The fourth-order valence-corrected chi connectivity index (χ4v) is 4.75. The Hall–Kier alpha value is -1.47. The van der Waals surface area contributed by atoms with E-state index in [-0.39, 0.29) is 11.8 Å². The SMILES string of the molecule is CCc1nc(C)sc1C(=O)N1CCC2(CC1)C(=O)NCCCN2C. The van der Waals surface area contributed by atoms with Crippen molar-refractivity contribution in [1.82, 2.24) is 20.1 Å². The molecule has 7 heteroatoms. The maximum absolute atomic E-state index is 12.9. The number of hydrogen-bond donors (Lipinski definition) is 1. The Morgan fingerprint density at radius 3 is 2.71 bits per heavy atom. The molecule has 1 N–H and O–H groups in total. The lowest BCUT2D eigenvalue weighted by molar-refractivity contribution is -0.134. The Labute approximate surface area is 147 Å². The lowest BCUT2D eigenvalue weighted by Crippen LogP contribution is -2.61. The number of hydrogen-bond acceptors (Lipinski definition) is 5. The van der Waals surface area contributed by atoms with E-state index in [9.17, 15) is 9.59 Å². The molecule has 0 aromatic carbocycles. The predicted octanol–water partition coefficient (Wildman–Crippen LogP) is 1.44. The van der Waals surface area contributed by atoms with E-state index in [1.807, 2.05) is 25.8 Å². The first kappa shape index (κ1) is 17.4. The number of carbonyl (C=O) groups excluding carboxylic acids is 2. The molecule has 24 heavy (non-hydrogen) atoms. The van der Waals surface area contributed by atoms with Crippen LogP contribution < -0.4 is 5.32 Å². The van der Waals surface area contributed by atoms with Gasteiger partial charge in [0.1, 0.15) is 10.4 Å². The van der Waals surface area contributed by atoms with Crippen molar-refractivity contribution in [3.8, 4) is 0 Å². The van der Waals surface area contributed by atoms with Crippen LogP contribution in [-0.2, 0) is 11.2 Å². The lowest BCUT2D eigenvalue weighted by Gasteiger charge is -2.44. The van der Waals surface area contributed by atoms with Gasteiger partial charge in [0.2, 0.25) is 5.91 Å². The molecule has 1 spiro atoms. The first-order valence-electron chi connectivity index (χ1n) is 8.73. The third-order valence-corrected chi connectivity index (χ3v) is 6.32. The number of thiazole rings is 1. The zero-order valence-corrected chi connectivity index (χ0v) is 15.5. The maximum Gasteiger partial charge on any atom is 0.265 e. The number of amides is 2. The second-order valence-corrected chi connectivity index (χ2v) is 7.92. The van der Waals surface area contributed by atoms with Crippen molar-refractivity contribution < 1.29 is 9.59 Å². The summed E-state index contributed by atoms with van der Waals surface area (Å²) >= 11 is 1.48. The van der Waals surface area contributed by atoms with Gasteiger partial charge < -0.3 is 10.2 Å². The van der Waals surface area contributed by atoms with Crippen LogP contribution in [0.25, 0.3) is 0 Å². The molecule has 0 bridgehead atoms. The molecule has 1 aromatic heterocycles. The quantitative estimate of drug-likeness (QED) is 0.877. The molecule has 0 atom stereocenters. The largest absolute Gasteiger partial charge is 0.354 e. The molecule has 2 aliphatic heterocycles. The van der Waals surface area contributed by atoms with Crippen molar-refractivity contribution in [1.29, 1.82) is 0 Å². The normalized spacial score (nSPS) is 21.6. The number of carbonyl (C=O) groups is 2. The monoisotopic (exact) mass is 350 g/mol. The summed E-state index contributed by atoms with van der Waals surface area (Å²) in [6.45, 7) is 6.87. The zero-order chi connectivity index (χ0) is 17.3. The molecule has 2 amide bonds. The summed E-state index contributed by atoms with van der Waals surface area (Å²) in [6, 6.07) is 0. The summed E-state index contributed by atoms with van der Waals surface area (Å²) < 4.78 is 0. The molecule has 1 aromatic rings. The molecule has 2 aliphatic rings. The van der Waals surface area contributed by atoms with E-state index in [1.54, 1.807) is 0 Å². The molecule has 3 rings (SSSR count). The van der Waals surface area contributed by atoms with Crippen LogP contribution in [0, 0.1) is 6.92 Å². The number of likely N-dealkylation sites (tertiary alicyclic amines) is 1. The smallest absolute Gasteiger partial charge is 0.265 e. The average molecular weight is 350 g/mol. The third-order valence-electron chi connectivity index (χ3n) is 5.32. The highest BCUT2D eigenvalue weighted by Gasteiger charge is 2.46. The minimum Gasteiger partial charge on any atom is -0.354 e. The molecule has 0 saturated carbocycles. The van der Waals surface area contributed by atoms with Crippen LogP contribution in [0.1, 0.15) is 46.6 Å².